The van der Waals surface area contributed by atoms with Crippen LogP contribution in [0, 0.1) is 0 Å². The van der Waals surface area contributed by atoms with Gasteiger partial charge in [0.05, 0.1) is 11.4 Å². The zero-order valence-corrected chi connectivity index (χ0v) is 17.8. The van der Waals surface area contributed by atoms with Crippen LogP contribution in [0.2, 0.25) is 0 Å². The molecule has 8 heteroatoms. The zero-order chi connectivity index (χ0) is 20.9. The third-order valence-corrected chi connectivity index (χ3v) is 5.81. The van der Waals surface area contributed by atoms with Crippen LogP contribution in [-0.4, -0.2) is 46.4 Å². The van der Waals surface area contributed by atoms with Gasteiger partial charge in [0.2, 0.25) is 5.95 Å². The number of aromatic nitrogens is 2. The molecule has 2 aromatic carbocycles. The lowest BCUT2D eigenvalue weighted by molar-refractivity contribution is 0.210. The summed E-state index contributed by atoms with van der Waals surface area (Å²) in [5, 5.41) is 21.1. The number of nitrogens with one attached hydrogen (secondary N) is 2. The lowest BCUT2D eigenvalue weighted by atomic mass is 10.1. The van der Waals surface area contributed by atoms with Gasteiger partial charge in [-0.3, -0.25) is 10.7 Å². The van der Waals surface area contributed by atoms with Gasteiger partial charge >= 0.3 is 0 Å². The third kappa shape index (κ3) is 4.51. The van der Waals surface area contributed by atoms with Crippen LogP contribution >= 0.6 is 12.6 Å². The molecule has 3 N–H and O–H groups in total. The number of hydrogen-bond acceptors (Lipinski definition) is 8. The fourth-order valence-electron chi connectivity index (χ4n) is 3.74. The van der Waals surface area contributed by atoms with Crippen LogP contribution in [-0.2, 0) is 0 Å². The first-order valence-corrected chi connectivity index (χ1v) is 10.5. The quantitative estimate of drug-likeness (QED) is 0.356. The minimum Gasteiger partial charge on any atom is -0.351 e. The highest BCUT2D eigenvalue weighted by molar-refractivity contribution is 7.83. The molecule has 2 heterocycles. The SMILES string of the molecule is CN(c1ccc2ccccc2c1)N1CCC(Nc2ncc(/C(=C\S)NO)cn2)CC1. The molecule has 0 amide bonds. The van der Waals surface area contributed by atoms with E-state index < -0.39 is 0 Å². The van der Waals surface area contributed by atoms with Crippen LogP contribution in [0.1, 0.15) is 18.4 Å². The molecular weight excluding hydrogens is 396 g/mol. The number of nitrogens with zero attached hydrogens (tertiary/aromatic N) is 4. The third-order valence-electron chi connectivity index (χ3n) is 5.55. The fourth-order valence-corrected chi connectivity index (χ4v) is 3.95. The highest BCUT2D eigenvalue weighted by Crippen LogP contribution is 2.24. The van der Waals surface area contributed by atoms with E-state index in [1.165, 1.54) is 21.9 Å². The molecule has 0 atom stereocenters. The van der Waals surface area contributed by atoms with E-state index in [4.69, 9.17) is 5.21 Å². The molecule has 156 valence electrons. The summed E-state index contributed by atoms with van der Waals surface area (Å²) in [7, 11) is 2.13. The number of piperidine rings is 1. The Hall–Kier alpha value is -2.81. The molecule has 1 saturated heterocycles. The largest absolute Gasteiger partial charge is 0.351 e. The van der Waals surface area contributed by atoms with E-state index in [0.717, 1.165) is 25.9 Å². The molecule has 0 bridgehead atoms. The summed E-state index contributed by atoms with van der Waals surface area (Å²) < 4.78 is 0. The molecule has 0 spiro atoms. The molecule has 1 aromatic heterocycles. The average Bonchev–Trinajstić information content (AvgIpc) is 2.80. The lowest BCUT2D eigenvalue weighted by Crippen LogP contribution is -2.47. The van der Waals surface area contributed by atoms with Gasteiger partial charge in [0.15, 0.2) is 0 Å². The Morgan fingerprint density at radius 3 is 2.50 bits per heavy atom. The van der Waals surface area contributed by atoms with Crippen LogP contribution in [0.3, 0.4) is 0 Å². The van der Waals surface area contributed by atoms with Gasteiger partial charge in [-0.15, -0.1) is 12.6 Å². The van der Waals surface area contributed by atoms with E-state index in [9.17, 15) is 0 Å². The van der Waals surface area contributed by atoms with Gasteiger partial charge in [-0.05, 0) is 41.2 Å². The Balaban J connectivity index is 1.34. The first kappa shape index (κ1) is 20.5. The highest BCUT2D eigenvalue weighted by Gasteiger charge is 2.22. The molecule has 0 unspecified atom stereocenters. The maximum absolute atomic E-state index is 9.07. The van der Waals surface area contributed by atoms with Gasteiger partial charge in [0.1, 0.15) is 0 Å². The molecule has 0 aliphatic carbocycles. The second-order valence-corrected chi connectivity index (χ2v) is 7.64. The molecule has 3 aromatic rings. The molecule has 1 aliphatic heterocycles. The first-order valence-electron chi connectivity index (χ1n) is 9.99. The van der Waals surface area contributed by atoms with Gasteiger partial charge in [-0.25, -0.2) is 15.0 Å². The number of anilines is 2. The number of thiol groups is 1. The Morgan fingerprint density at radius 1 is 1.13 bits per heavy atom. The minimum atomic E-state index is 0.327. The first-order chi connectivity index (χ1) is 14.7. The highest BCUT2D eigenvalue weighted by atomic mass is 32.1. The van der Waals surface area contributed by atoms with Gasteiger partial charge < -0.3 is 10.3 Å². The summed E-state index contributed by atoms with van der Waals surface area (Å²) in [6.07, 6.45) is 5.32. The maximum Gasteiger partial charge on any atom is 0.222 e. The smallest absolute Gasteiger partial charge is 0.222 e. The Morgan fingerprint density at radius 2 is 1.83 bits per heavy atom. The normalized spacial score (nSPS) is 15.9. The van der Waals surface area contributed by atoms with Crippen molar-refractivity contribution in [2.24, 2.45) is 0 Å². The standard InChI is InChI=1S/C22H26N6OS/c1-27(20-7-6-16-4-2-3-5-17(16)12-20)28-10-8-19(9-11-28)25-22-23-13-18(14-24-22)21(15-30)26-29/h2-7,12-15,19,26,29-30H,8-11H2,1H3,(H,23,24,25)/b21-15+. The number of hydrogen-bond donors (Lipinski definition) is 4. The van der Waals surface area contributed by atoms with Crippen LogP contribution in [0.5, 0.6) is 0 Å². The van der Waals surface area contributed by atoms with Crippen molar-refractivity contribution >= 4 is 40.7 Å². The van der Waals surface area contributed by atoms with E-state index in [-0.39, 0.29) is 0 Å². The van der Waals surface area contributed by atoms with Crippen molar-refractivity contribution < 1.29 is 5.21 Å². The predicted octanol–water partition coefficient (Wildman–Crippen LogP) is 3.76. The van der Waals surface area contributed by atoms with E-state index in [0.29, 0.717) is 23.3 Å². The number of hydrazine groups is 1. The molecule has 7 nitrogen and oxygen atoms in total. The summed E-state index contributed by atoms with van der Waals surface area (Å²) in [6.45, 7) is 1.92. The van der Waals surface area contributed by atoms with Crippen molar-refractivity contribution in [3.8, 4) is 0 Å². The van der Waals surface area contributed by atoms with Crippen molar-refractivity contribution in [1.82, 2.24) is 20.5 Å². The summed E-state index contributed by atoms with van der Waals surface area (Å²) in [4.78, 5) is 8.70. The number of rotatable bonds is 6. The second-order valence-electron chi connectivity index (χ2n) is 7.38. The van der Waals surface area contributed by atoms with Crippen molar-refractivity contribution in [3.05, 3.63) is 65.8 Å². The van der Waals surface area contributed by atoms with Gasteiger partial charge in [-0.1, -0.05) is 30.3 Å². The summed E-state index contributed by atoms with van der Waals surface area (Å²) >= 11 is 4.04. The number of hydroxylamine groups is 1. The van der Waals surface area contributed by atoms with Crippen LogP contribution in [0.25, 0.3) is 16.5 Å². The van der Waals surface area contributed by atoms with Gasteiger partial charge in [0.25, 0.3) is 0 Å². The predicted molar refractivity (Wildman–Crippen MR) is 124 cm³/mol. The molecule has 0 radical (unpaired) electrons. The molecule has 0 saturated carbocycles. The lowest BCUT2D eigenvalue weighted by Gasteiger charge is -2.39. The van der Waals surface area contributed by atoms with E-state index in [1.807, 2.05) is 0 Å². The van der Waals surface area contributed by atoms with Crippen molar-refractivity contribution in [2.45, 2.75) is 18.9 Å². The Bertz CT molecular complexity index is 1020. The van der Waals surface area contributed by atoms with Gasteiger partial charge in [0, 0.05) is 44.1 Å². The van der Waals surface area contributed by atoms with Crippen molar-refractivity contribution in [1.29, 1.82) is 0 Å². The molecule has 4 rings (SSSR count). The second kappa shape index (κ2) is 9.34. The average molecular weight is 423 g/mol. The van der Waals surface area contributed by atoms with Crippen LogP contribution in [0.4, 0.5) is 11.6 Å². The number of benzene rings is 2. The molecule has 1 aliphatic rings. The minimum absolute atomic E-state index is 0.327. The van der Waals surface area contributed by atoms with Crippen LogP contribution < -0.4 is 15.8 Å². The Kier molecular flexibility index (Phi) is 6.37. The summed E-state index contributed by atoms with van der Waals surface area (Å²) in [6, 6.07) is 15.4. The summed E-state index contributed by atoms with van der Waals surface area (Å²) in [5.74, 6) is 0.594. The topological polar surface area (TPSA) is 76.5 Å². The van der Waals surface area contributed by atoms with E-state index >= 15 is 0 Å². The molecule has 30 heavy (non-hydrogen) atoms. The van der Waals surface area contributed by atoms with Crippen LogP contribution in [0.15, 0.2) is 60.3 Å². The maximum atomic E-state index is 9.07. The zero-order valence-electron chi connectivity index (χ0n) is 16.9. The molecule has 1 fully saturated rings. The number of fused-ring (bicyclic) bond motifs is 1. The van der Waals surface area contributed by atoms with E-state index in [1.54, 1.807) is 12.4 Å². The Labute approximate surface area is 181 Å². The van der Waals surface area contributed by atoms with E-state index in [2.05, 4.69) is 92.9 Å². The molecular formula is C22H26N6OS. The van der Waals surface area contributed by atoms with Crippen molar-refractivity contribution in [2.75, 3.05) is 30.5 Å². The van der Waals surface area contributed by atoms with Crippen molar-refractivity contribution in [3.63, 3.8) is 0 Å². The van der Waals surface area contributed by atoms with Gasteiger partial charge in [-0.2, -0.15) is 0 Å². The monoisotopic (exact) mass is 422 g/mol. The summed E-state index contributed by atoms with van der Waals surface area (Å²) in [5.41, 5.74) is 4.41. The fraction of sp³-hybridized carbons (Fsp3) is 0.273.